The van der Waals surface area contributed by atoms with Crippen molar-refractivity contribution in [1.82, 2.24) is 9.97 Å². The number of ketones is 1. The van der Waals surface area contributed by atoms with Crippen molar-refractivity contribution in [3.8, 4) is 17.5 Å². The number of carbonyl (C=O) groups excluding carboxylic acids is 2. The number of nitriles is 1. The summed E-state index contributed by atoms with van der Waals surface area (Å²) in [4.78, 5) is 31.0. The van der Waals surface area contributed by atoms with Crippen LogP contribution in [0.1, 0.15) is 23.7 Å². The third kappa shape index (κ3) is 4.22. The lowest BCUT2D eigenvalue weighted by molar-refractivity contribution is -0.153. The van der Waals surface area contributed by atoms with E-state index in [1.165, 1.54) is 31.3 Å². The van der Waals surface area contributed by atoms with E-state index in [2.05, 4.69) is 14.7 Å². The van der Waals surface area contributed by atoms with Crippen LogP contribution in [0.25, 0.3) is 11.4 Å². The maximum absolute atomic E-state index is 13.4. The molecule has 2 aromatic heterocycles. The number of hydrogen-bond donors (Lipinski definition) is 0. The van der Waals surface area contributed by atoms with Gasteiger partial charge in [0.15, 0.2) is 0 Å². The van der Waals surface area contributed by atoms with Gasteiger partial charge in [0.05, 0.1) is 35.5 Å². The Balaban J connectivity index is 2.58. The first-order valence-electron chi connectivity index (χ1n) is 7.40. The molecule has 0 spiro atoms. The molecular formula is C17H12F3N3O3. The van der Waals surface area contributed by atoms with Gasteiger partial charge in [0, 0.05) is 6.20 Å². The van der Waals surface area contributed by atoms with Gasteiger partial charge in [0.25, 0.3) is 0 Å². The molecule has 0 saturated heterocycles. The van der Waals surface area contributed by atoms with E-state index in [-0.39, 0.29) is 18.0 Å². The molecule has 9 heteroatoms. The molecule has 0 aromatic carbocycles. The zero-order valence-electron chi connectivity index (χ0n) is 13.5. The minimum Gasteiger partial charge on any atom is -0.460 e. The van der Waals surface area contributed by atoms with Gasteiger partial charge in [-0.05, 0) is 25.1 Å². The molecule has 134 valence electrons. The highest BCUT2D eigenvalue weighted by Gasteiger charge is 2.36. The van der Waals surface area contributed by atoms with Crippen molar-refractivity contribution in [2.24, 2.45) is 0 Å². The van der Waals surface area contributed by atoms with Crippen LogP contribution in [0.4, 0.5) is 13.2 Å². The van der Waals surface area contributed by atoms with Crippen molar-refractivity contribution in [3.63, 3.8) is 0 Å². The lowest BCUT2D eigenvalue weighted by Gasteiger charge is -2.14. The van der Waals surface area contributed by atoms with Gasteiger partial charge in [-0.2, -0.15) is 18.4 Å². The van der Waals surface area contributed by atoms with E-state index in [1.54, 1.807) is 6.07 Å². The van der Waals surface area contributed by atoms with Gasteiger partial charge >= 0.3 is 12.1 Å². The van der Waals surface area contributed by atoms with Crippen molar-refractivity contribution in [2.45, 2.75) is 19.5 Å². The number of alkyl halides is 3. The molecule has 0 aliphatic rings. The molecule has 0 atom stereocenters. The first-order valence-corrected chi connectivity index (χ1v) is 7.40. The number of rotatable bonds is 5. The van der Waals surface area contributed by atoms with Crippen LogP contribution >= 0.6 is 0 Å². The van der Waals surface area contributed by atoms with E-state index in [9.17, 15) is 22.8 Å². The van der Waals surface area contributed by atoms with Crippen LogP contribution < -0.4 is 0 Å². The number of esters is 1. The summed E-state index contributed by atoms with van der Waals surface area (Å²) < 4.78 is 44.6. The fourth-order valence-corrected chi connectivity index (χ4v) is 2.13. The summed E-state index contributed by atoms with van der Waals surface area (Å²) in [6, 6.07) is 6.50. The fourth-order valence-electron chi connectivity index (χ4n) is 2.13. The molecule has 0 aliphatic heterocycles. The second-order valence-electron chi connectivity index (χ2n) is 5.02. The maximum Gasteiger partial charge on any atom is 0.418 e. The number of carbonyl (C=O) groups is 2. The molecule has 2 aromatic rings. The Morgan fingerprint density at radius 3 is 2.58 bits per heavy atom. The number of ether oxygens (including phenoxy) is 1. The van der Waals surface area contributed by atoms with Crippen LogP contribution in [0.2, 0.25) is 0 Å². The first-order chi connectivity index (χ1) is 12.3. The summed E-state index contributed by atoms with van der Waals surface area (Å²) in [5.74, 6) is -2.15. The van der Waals surface area contributed by atoms with Crippen LogP contribution in [0.5, 0.6) is 0 Å². The molecular weight excluding hydrogens is 351 g/mol. The van der Waals surface area contributed by atoms with Crippen molar-refractivity contribution in [3.05, 3.63) is 47.3 Å². The highest BCUT2D eigenvalue weighted by molar-refractivity contribution is 6.34. The maximum atomic E-state index is 13.4. The van der Waals surface area contributed by atoms with Gasteiger partial charge in [-0.3, -0.25) is 9.78 Å². The Kier molecular flexibility index (Phi) is 5.67. The lowest BCUT2D eigenvalue weighted by Crippen LogP contribution is -2.21. The minimum atomic E-state index is -4.78. The fraction of sp³-hybridized carbons (Fsp3) is 0.235. The second-order valence-corrected chi connectivity index (χ2v) is 5.02. The van der Waals surface area contributed by atoms with Crippen molar-refractivity contribution >= 4 is 11.8 Å². The molecule has 0 amide bonds. The molecule has 26 heavy (non-hydrogen) atoms. The standard InChI is InChI=1S/C17H12F3N3O3/c1-2-26-16(25)14(24)8-13-10(9-21)7-11(17(18,19)20)15(23-13)12-5-3-4-6-22-12/h3-7H,2,8H2,1H3. The molecule has 0 fully saturated rings. The van der Waals surface area contributed by atoms with Gasteiger partial charge in [-0.1, -0.05) is 6.07 Å². The summed E-state index contributed by atoms with van der Waals surface area (Å²) in [7, 11) is 0. The minimum absolute atomic E-state index is 0.0324. The van der Waals surface area contributed by atoms with E-state index in [0.29, 0.717) is 6.07 Å². The topological polar surface area (TPSA) is 92.9 Å². The number of aromatic nitrogens is 2. The zero-order valence-corrected chi connectivity index (χ0v) is 13.5. The van der Waals surface area contributed by atoms with Gasteiger partial charge in [-0.25, -0.2) is 9.78 Å². The van der Waals surface area contributed by atoms with Crippen LogP contribution in [-0.2, 0) is 26.9 Å². The molecule has 0 radical (unpaired) electrons. The number of hydrogen-bond acceptors (Lipinski definition) is 6. The molecule has 2 heterocycles. The van der Waals surface area contributed by atoms with E-state index in [0.717, 1.165) is 0 Å². The van der Waals surface area contributed by atoms with Gasteiger partial charge < -0.3 is 4.74 Å². The third-order valence-corrected chi connectivity index (χ3v) is 3.27. The monoisotopic (exact) mass is 363 g/mol. The van der Waals surface area contributed by atoms with Crippen LogP contribution in [-0.4, -0.2) is 28.3 Å². The molecule has 0 N–H and O–H groups in total. The Morgan fingerprint density at radius 1 is 1.31 bits per heavy atom. The van der Waals surface area contributed by atoms with Gasteiger partial charge in [-0.15, -0.1) is 0 Å². The van der Waals surface area contributed by atoms with Crippen LogP contribution in [0, 0.1) is 11.3 Å². The molecule has 0 aliphatic carbocycles. The largest absolute Gasteiger partial charge is 0.460 e. The number of nitrogens with zero attached hydrogens (tertiary/aromatic N) is 3. The zero-order chi connectivity index (χ0) is 19.3. The molecule has 2 rings (SSSR count). The van der Waals surface area contributed by atoms with Crippen LogP contribution in [0.15, 0.2) is 30.5 Å². The Hall–Kier alpha value is -3.28. The summed E-state index contributed by atoms with van der Waals surface area (Å²) in [6.45, 7) is 1.47. The summed E-state index contributed by atoms with van der Waals surface area (Å²) in [6.07, 6.45) is -4.15. The first kappa shape index (κ1) is 19.1. The Labute approximate surface area is 146 Å². The van der Waals surface area contributed by atoms with Crippen molar-refractivity contribution in [1.29, 1.82) is 5.26 Å². The van der Waals surface area contributed by atoms with E-state index in [1.807, 2.05) is 0 Å². The smallest absolute Gasteiger partial charge is 0.418 e. The van der Waals surface area contributed by atoms with E-state index in [4.69, 9.17) is 5.26 Å². The molecule has 6 nitrogen and oxygen atoms in total. The second kappa shape index (κ2) is 7.74. The molecule has 0 saturated carbocycles. The number of Topliss-reactive ketones (excluding diaryl/α,β-unsaturated/α-hetero) is 1. The van der Waals surface area contributed by atoms with Gasteiger partial charge in [0.2, 0.25) is 5.78 Å². The number of pyridine rings is 2. The van der Waals surface area contributed by atoms with Crippen LogP contribution in [0.3, 0.4) is 0 Å². The van der Waals surface area contributed by atoms with E-state index < -0.39 is 41.2 Å². The quantitative estimate of drug-likeness (QED) is 0.599. The Morgan fingerprint density at radius 2 is 2.04 bits per heavy atom. The average molecular weight is 363 g/mol. The summed E-state index contributed by atoms with van der Waals surface area (Å²) >= 11 is 0. The van der Waals surface area contributed by atoms with E-state index >= 15 is 0 Å². The SMILES string of the molecule is CCOC(=O)C(=O)Cc1nc(-c2ccccn2)c(C(F)(F)F)cc1C#N. The van der Waals surface area contributed by atoms with Gasteiger partial charge in [0.1, 0.15) is 11.8 Å². The highest BCUT2D eigenvalue weighted by atomic mass is 19.4. The molecule has 0 unspecified atom stereocenters. The Bertz CT molecular complexity index is 875. The highest BCUT2D eigenvalue weighted by Crippen LogP contribution is 2.36. The average Bonchev–Trinajstić information content (AvgIpc) is 2.61. The summed E-state index contributed by atoms with van der Waals surface area (Å²) in [5, 5.41) is 9.12. The normalized spacial score (nSPS) is 10.9. The predicted octanol–water partition coefficient (Wildman–Crippen LogP) is 2.71. The summed E-state index contributed by atoms with van der Waals surface area (Å²) in [5.41, 5.74) is -2.45. The van der Waals surface area contributed by atoms with Crippen molar-refractivity contribution < 1.29 is 27.5 Å². The number of halogens is 3. The predicted molar refractivity (Wildman–Crippen MR) is 82.5 cm³/mol. The molecule has 0 bridgehead atoms. The van der Waals surface area contributed by atoms with Crippen molar-refractivity contribution in [2.75, 3.05) is 6.61 Å². The third-order valence-electron chi connectivity index (χ3n) is 3.27. The lowest BCUT2D eigenvalue weighted by atomic mass is 10.0.